The Balaban J connectivity index is 1.97. The van der Waals surface area contributed by atoms with Crippen LogP contribution >= 0.6 is 11.3 Å². The Kier molecular flexibility index (Phi) is 5.55. The molecule has 1 heterocycles. The highest BCUT2D eigenvalue weighted by Gasteiger charge is 2.18. The lowest BCUT2D eigenvalue weighted by Gasteiger charge is -2.12. The van der Waals surface area contributed by atoms with Gasteiger partial charge < -0.3 is 10.1 Å². The van der Waals surface area contributed by atoms with Crippen molar-refractivity contribution in [1.82, 2.24) is 5.32 Å². The first-order chi connectivity index (χ1) is 10.5. The van der Waals surface area contributed by atoms with Gasteiger partial charge in [-0.15, -0.1) is 11.3 Å². The molecule has 22 heavy (non-hydrogen) atoms. The molecular formula is C17H21NO3S. The van der Waals surface area contributed by atoms with Crippen LogP contribution in [0, 0.1) is 6.92 Å². The molecule has 0 spiro atoms. The van der Waals surface area contributed by atoms with Crippen LogP contribution in [0.3, 0.4) is 0 Å². The fourth-order valence-electron chi connectivity index (χ4n) is 2.39. The molecule has 0 radical (unpaired) electrons. The smallest absolute Gasteiger partial charge is 0.349 e. The van der Waals surface area contributed by atoms with Crippen molar-refractivity contribution >= 4 is 33.3 Å². The third kappa shape index (κ3) is 3.85. The zero-order valence-corrected chi connectivity index (χ0v) is 14.0. The van der Waals surface area contributed by atoms with E-state index < -0.39 is 5.97 Å². The lowest BCUT2D eigenvalue weighted by molar-refractivity contribution is -0.124. The zero-order chi connectivity index (χ0) is 16.1. The van der Waals surface area contributed by atoms with Gasteiger partial charge >= 0.3 is 5.97 Å². The Morgan fingerprint density at radius 3 is 2.73 bits per heavy atom. The van der Waals surface area contributed by atoms with Gasteiger partial charge in [-0.2, -0.15) is 0 Å². The maximum absolute atomic E-state index is 12.2. The average molecular weight is 319 g/mol. The fraction of sp³-hybridized carbons (Fsp3) is 0.412. The number of carbonyl (C=O) groups is 2. The third-order valence-electron chi connectivity index (χ3n) is 3.49. The van der Waals surface area contributed by atoms with Gasteiger partial charge in [0.05, 0.1) is 0 Å². The molecule has 2 rings (SSSR count). The summed E-state index contributed by atoms with van der Waals surface area (Å²) in [5.41, 5.74) is 0.908. The summed E-state index contributed by atoms with van der Waals surface area (Å²) in [7, 11) is 0. The van der Waals surface area contributed by atoms with Crippen LogP contribution in [0.4, 0.5) is 0 Å². The van der Waals surface area contributed by atoms with Crippen molar-refractivity contribution in [3.63, 3.8) is 0 Å². The summed E-state index contributed by atoms with van der Waals surface area (Å²) >= 11 is 1.40. The summed E-state index contributed by atoms with van der Waals surface area (Å²) in [4.78, 5) is 24.5. The molecule has 0 unspecified atom stereocenters. The van der Waals surface area contributed by atoms with E-state index in [2.05, 4.69) is 12.2 Å². The minimum absolute atomic E-state index is 0.0993. The van der Waals surface area contributed by atoms with Crippen LogP contribution in [0.2, 0.25) is 0 Å². The first kappa shape index (κ1) is 16.5. The summed E-state index contributed by atoms with van der Waals surface area (Å²) in [5, 5.41) is 3.87. The van der Waals surface area contributed by atoms with Crippen molar-refractivity contribution in [2.24, 2.45) is 0 Å². The lowest BCUT2D eigenvalue weighted by atomic mass is 10.1. The van der Waals surface area contributed by atoms with Gasteiger partial charge in [0.25, 0.3) is 5.91 Å². The van der Waals surface area contributed by atoms with E-state index in [0.717, 1.165) is 28.5 Å². The van der Waals surface area contributed by atoms with Crippen LogP contribution in [0.15, 0.2) is 24.3 Å². The van der Waals surface area contributed by atoms with Gasteiger partial charge in [0.2, 0.25) is 0 Å². The number of aryl methyl sites for hydroxylation is 1. The Morgan fingerprint density at radius 2 is 2.05 bits per heavy atom. The molecule has 1 aromatic heterocycles. The van der Waals surface area contributed by atoms with E-state index in [9.17, 15) is 9.59 Å². The average Bonchev–Trinajstić information content (AvgIpc) is 2.83. The standard InChI is InChI=1S/C17H21NO3S/c1-4-7-11(2)18-15(19)10-21-17(20)16-12(3)13-8-5-6-9-14(13)22-16/h5-6,8-9,11H,4,7,10H2,1-3H3,(H,18,19)/t11-/m1/s1. The van der Waals surface area contributed by atoms with E-state index in [0.29, 0.717) is 4.88 Å². The van der Waals surface area contributed by atoms with E-state index in [1.807, 2.05) is 38.1 Å². The summed E-state index contributed by atoms with van der Waals surface area (Å²) in [5.74, 6) is -0.690. The van der Waals surface area contributed by atoms with E-state index in [-0.39, 0.29) is 18.6 Å². The Morgan fingerprint density at radius 1 is 1.32 bits per heavy atom. The van der Waals surface area contributed by atoms with Crippen molar-refractivity contribution < 1.29 is 14.3 Å². The number of nitrogens with one attached hydrogen (secondary N) is 1. The van der Waals surface area contributed by atoms with Crippen molar-refractivity contribution in [3.8, 4) is 0 Å². The van der Waals surface area contributed by atoms with Gasteiger partial charge in [-0.25, -0.2) is 4.79 Å². The highest BCUT2D eigenvalue weighted by atomic mass is 32.1. The van der Waals surface area contributed by atoms with Gasteiger partial charge in [0.1, 0.15) is 4.88 Å². The summed E-state index contributed by atoms with van der Waals surface area (Å²) in [6, 6.07) is 7.94. The SMILES string of the molecule is CCC[C@@H](C)NC(=O)COC(=O)c1sc2ccccc2c1C. The predicted molar refractivity (Wildman–Crippen MR) is 89.4 cm³/mol. The second-order valence-corrected chi connectivity index (χ2v) is 6.44. The topological polar surface area (TPSA) is 55.4 Å². The summed E-state index contributed by atoms with van der Waals surface area (Å²) in [6.07, 6.45) is 1.91. The molecule has 1 amide bonds. The van der Waals surface area contributed by atoms with Crippen LogP contribution in [-0.2, 0) is 9.53 Å². The van der Waals surface area contributed by atoms with Gasteiger partial charge in [0, 0.05) is 10.7 Å². The van der Waals surface area contributed by atoms with Crippen LogP contribution in [-0.4, -0.2) is 24.5 Å². The minimum atomic E-state index is -0.433. The van der Waals surface area contributed by atoms with Crippen molar-refractivity contribution in [3.05, 3.63) is 34.7 Å². The molecule has 0 aliphatic rings. The monoisotopic (exact) mass is 319 g/mol. The van der Waals surface area contributed by atoms with E-state index in [1.165, 1.54) is 11.3 Å². The molecule has 0 fully saturated rings. The quantitative estimate of drug-likeness (QED) is 0.827. The Labute approximate surface area is 134 Å². The first-order valence-corrected chi connectivity index (χ1v) is 8.29. The number of benzene rings is 1. The van der Waals surface area contributed by atoms with Crippen molar-refractivity contribution in [2.45, 2.75) is 39.7 Å². The van der Waals surface area contributed by atoms with E-state index in [4.69, 9.17) is 4.74 Å². The van der Waals surface area contributed by atoms with Gasteiger partial charge in [0.15, 0.2) is 6.61 Å². The molecule has 0 aliphatic carbocycles. The molecule has 1 atom stereocenters. The number of thiophene rings is 1. The molecular weight excluding hydrogens is 298 g/mol. The highest BCUT2D eigenvalue weighted by molar-refractivity contribution is 7.21. The molecule has 118 valence electrons. The van der Waals surface area contributed by atoms with Crippen LogP contribution in [0.25, 0.3) is 10.1 Å². The maximum atomic E-state index is 12.2. The Hall–Kier alpha value is -1.88. The van der Waals surface area contributed by atoms with Crippen LogP contribution in [0.5, 0.6) is 0 Å². The lowest BCUT2D eigenvalue weighted by Crippen LogP contribution is -2.35. The Bertz CT molecular complexity index is 678. The molecule has 1 aromatic carbocycles. The van der Waals surface area contributed by atoms with E-state index in [1.54, 1.807) is 0 Å². The number of hydrogen-bond donors (Lipinski definition) is 1. The largest absolute Gasteiger partial charge is 0.451 e. The highest BCUT2D eigenvalue weighted by Crippen LogP contribution is 2.30. The van der Waals surface area contributed by atoms with Gasteiger partial charge in [-0.05, 0) is 37.3 Å². The van der Waals surface area contributed by atoms with E-state index >= 15 is 0 Å². The number of amides is 1. The molecule has 5 heteroatoms. The number of esters is 1. The van der Waals surface area contributed by atoms with Crippen molar-refractivity contribution in [1.29, 1.82) is 0 Å². The molecule has 0 saturated carbocycles. The number of hydrogen-bond acceptors (Lipinski definition) is 4. The zero-order valence-electron chi connectivity index (χ0n) is 13.1. The molecule has 2 aromatic rings. The minimum Gasteiger partial charge on any atom is -0.451 e. The molecule has 0 saturated heterocycles. The van der Waals surface area contributed by atoms with Gasteiger partial charge in [-0.1, -0.05) is 31.5 Å². The first-order valence-electron chi connectivity index (χ1n) is 7.47. The fourth-order valence-corrected chi connectivity index (χ4v) is 3.49. The number of fused-ring (bicyclic) bond motifs is 1. The number of rotatable bonds is 6. The van der Waals surface area contributed by atoms with Crippen LogP contribution in [0.1, 0.15) is 41.9 Å². The van der Waals surface area contributed by atoms with Crippen LogP contribution < -0.4 is 5.32 Å². The molecule has 1 N–H and O–H groups in total. The summed E-state index contributed by atoms with van der Waals surface area (Å²) < 4.78 is 6.19. The molecule has 0 bridgehead atoms. The summed E-state index contributed by atoms with van der Waals surface area (Å²) in [6.45, 7) is 5.67. The third-order valence-corrected chi connectivity index (χ3v) is 4.75. The molecule has 4 nitrogen and oxygen atoms in total. The maximum Gasteiger partial charge on any atom is 0.349 e. The van der Waals surface area contributed by atoms with Crippen molar-refractivity contribution in [2.75, 3.05) is 6.61 Å². The molecule has 0 aliphatic heterocycles. The second kappa shape index (κ2) is 7.40. The second-order valence-electron chi connectivity index (χ2n) is 5.39. The normalized spacial score (nSPS) is 12.1. The van der Waals surface area contributed by atoms with Gasteiger partial charge in [-0.3, -0.25) is 4.79 Å². The predicted octanol–water partition coefficient (Wildman–Crippen LogP) is 3.67. The number of ether oxygens (including phenoxy) is 1. The number of carbonyl (C=O) groups excluding carboxylic acids is 2.